The highest BCUT2D eigenvalue weighted by atomic mass is 16.1. The fourth-order valence-electron chi connectivity index (χ4n) is 1.90. The van der Waals surface area contributed by atoms with Gasteiger partial charge in [-0.05, 0) is 42.9 Å². The van der Waals surface area contributed by atoms with Crippen LogP contribution in [0.25, 0.3) is 0 Å². The van der Waals surface area contributed by atoms with Crippen LogP contribution in [0, 0.1) is 5.92 Å². The van der Waals surface area contributed by atoms with Gasteiger partial charge in [-0.2, -0.15) is 0 Å². The summed E-state index contributed by atoms with van der Waals surface area (Å²) < 4.78 is 0. The van der Waals surface area contributed by atoms with E-state index in [1.54, 1.807) is 0 Å². The van der Waals surface area contributed by atoms with Gasteiger partial charge in [0.1, 0.15) is 0 Å². The summed E-state index contributed by atoms with van der Waals surface area (Å²) in [5, 5.41) is 6.09. The summed E-state index contributed by atoms with van der Waals surface area (Å²) in [7, 11) is 0. The third-order valence-electron chi connectivity index (χ3n) is 3.23. The van der Waals surface area contributed by atoms with Crippen LogP contribution in [0.5, 0.6) is 0 Å². The zero-order valence-electron chi connectivity index (χ0n) is 11.0. The molecule has 0 aliphatic heterocycles. The molecule has 1 amide bonds. The van der Waals surface area contributed by atoms with Gasteiger partial charge in [0.05, 0.1) is 6.54 Å². The molecule has 1 saturated carbocycles. The number of carbonyl (C=O) groups is 1. The Morgan fingerprint density at radius 3 is 2.61 bits per heavy atom. The molecule has 0 radical (unpaired) electrons. The van der Waals surface area contributed by atoms with Gasteiger partial charge >= 0.3 is 0 Å². The van der Waals surface area contributed by atoms with E-state index in [2.05, 4.69) is 29.7 Å². The molecule has 1 aliphatic carbocycles. The summed E-state index contributed by atoms with van der Waals surface area (Å²) in [6.07, 6.45) is 4.82. The lowest BCUT2D eigenvalue weighted by molar-refractivity contribution is -0.119. The lowest BCUT2D eigenvalue weighted by Crippen LogP contribution is -2.31. The van der Waals surface area contributed by atoms with E-state index in [0.717, 1.165) is 31.0 Å². The van der Waals surface area contributed by atoms with Gasteiger partial charge < -0.3 is 10.6 Å². The number of anilines is 1. The molecule has 0 spiro atoms. The fraction of sp³-hybridized carbons (Fsp3) is 0.533. The predicted octanol–water partition coefficient (Wildman–Crippen LogP) is 2.58. The summed E-state index contributed by atoms with van der Waals surface area (Å²) >= 11 is 0. The Bertz CT molecular complexity index is 382. The Morgan fingerprint density at radius 1 is 1.28 bits per heavy atom. The van der Waals surface area contributed by atoms with Crippen molar-refractivity contribution in [3.05, 3.63) is 29.8 Å². The molecule has 0 unspecified atom stereocenters. The van der Waals surface area contributed by atoms with Crippen molar-refractivity contribution in [2.75, 3.05) is 18.4 Å². The summed E-state index contributed by atoms with van der Waals surface area (Å²) in [5.41, 5.74) is 2.36. The van der Waals surface area contributed by atoms with E-state index < -0.39 is 0 Å². The van der Waals surface area contributed by atoms with Crippen LogP contribution in [-0.4, -0.2) is 19.0 Å². The SMILES string of the molecule is CCCc1ccc(NCC(=O)NCC2CC2)cc1. The molecule has 3 nitrogen and oxygen atoms in total. The molecule has 0 bridgehead atoms. The molecule has 1 aliphatic rings. The Balaban J connectivity index is 1.69. The monoisotopic (exact) mass is 246 g/mol. The maximum absolute atomic E-state index is 11.5. The molecule has 1 aromatic carbocycles. The van der Waals surface area contributed by atoms with Crippen molar-refractivity contribution in [2.24, 2.45) is 5.92 Å². The minimum Gasteiger partial charge on any atom is -0.376 e. The maximum Gasteiger partial charge on any atom is 0.239 e. The summed E-state index contributed by atoms with van der Waals surface area (Å²) in [4.78, 5) is 11.5. The topological polar surface area (TPSA) is 41.1 Å². The first kappa shape index (κ1) is 12.9. The molecular formula is C15H22N2O. The van der Waals surface area contributed by atoms with Crippen molar-refractivity contribution >= 4 is 11.6 Å². The number of nitrogens with one attached hydrogen (secondary N) is 2. The Labute approximate surface area is 109 Å². The number of hydrogen-bond acceptors (Lipinski definition) is 2. The van der Waals surface area contributed by atoms with Crippen LogP contribution in [0.4, 0.5) is 5.69 Å². The molecule has 0 aromatic heterocycles. The second-order valence-corrected chi connectivity index (χ2v) is 5.05. The lowest BCUT2D eigenvalue weighted by atomic mass is 10.1. The van der Waals surface area contributed by atoms with Gasteiger partial charge in [0.25, 0.3) is 0 Å². The van der Waals surface area contributed by atoms with E-state index in [9.17, 15) is 4.79 Å². The molecule has 98 valence electrons. The zero-order chi connectivity index (χ0) is 12.8. The molecular weight excluding hydrogens is 224 g/mol. The second-order valence-electron chi connectivity index (χ2n) is 5.05. The van der Waals surface area contributed by atoms with Crippen molar-refractivity contribution in [2.45, 2.75) is 32.6 Å². The van der Waals surface area contributed by atoms with Crippen LogP contribution in [0.15, 0.2) is 24.3 Å². The maximum atomic E-state index is 11.5. The van der Waals surface area contributed by atoms with Gasteiger partial charge in [-0.25, -0.2) is 0 Å². The van der Waals surface area contributed by atoms with E-state index in [0.29, 0.717) is 6.54 Å². The average Bonchev–Trinajstić information content (AvgIpc) is 3.20. The van der Waals surface area contributed by atoms with E-state index in [1.807, 2.05) is 12.1 Å². The number of benzene rings is 1. The first-order valence-corrected chi connectivity index (χ1v) is 6.87. The number of rotatable bonds is 7. The van der Waals surface area contributed by atoms with Crippen LogP contribution in [0.3, 0.4) is 0 Å². The summed E-state index contributed by atoms with van der Waals surface area (Å²) in [5.74, 6) is 0.821. The molecule has 1 fully saturated rings. The van der Waals surface area contributed by atoms with Gasteiger partial charge in [-0.1, -0.05) is 25.5 Å². The van der Waals surface area contributed by atoms with Crippen molar-refractivity contribution in [1.82, 2.24) is 5.32 Å². The number of carbonyl (C=O) groups excluding carboxylic acids is 1. The average molecular weight is 246 g/mol. The molecule has 0 atom stereocenters. The third-order valence-corrected chi connectivity index (χ3v) is 3.23. The molecule has 1 aromatic rings. The number of hydrogen-bond donors (Lipinski definition) is 2. The van der Waals surface area contributed by atoms with Crippen LogP contribution in [0.2, 0.25) is 0 Å². The van der Waals surface area contributed by atoms with E-state index in [1.165, 1.54) is 18.4 Å². The Hall–Kier alpha value is -1.51. The van der Waals surface area contributed by atoms with Crippen molar-refractivity contribution in [3.63, 3.8) is 0 Å². The van der Waals surface area contributed by atoms with Crippen molar-refractivity contribution in [1.29, 1.82) is 0 Å². The first-order valence-electron chi connectivity index (χ1n) is 6.87. The van der Waals surface area contributed by atoms with Crippen LogP contribution < -0.4 is 10.6 Å². The van der Waals surface area contributed by atoms with Gasteiger partial charge in [0.15, 0.2) is 0 Å². The van der Waals surface area contributed by atoms with Crippen molar-refractivity contribution < 1.29 is 4.79 Å². The lowest BCUT2D eigenvalue weighted by Gasteiger charge is -2.08. The molecule has 18 heavy (non-hydrogen) atoms. The molecule has 0 heterocycles. The predicted molar refractivity (Wildman–Crippen MR) is 74.7 cm³/mol. The Kier molecular flexibility index (Phi) is 4.62. The Morgan fingerprint density at radius 2 is 2.00 bits per heavy atom. The molecule has 2 rings (SSSR count). The van der Waals surface area contributed by atoms with Crippen LogP contribution in [0.1, 0.15) is 31.7 Å². The van der Waals surface area contributed by atoms with Gasteiger partial charge in [0.2, 0.25) is 5.91 Å². The largest absolute Gasteiger partial charge is 0.376 e. The van der Waals surface area contributed by atoms with Crippen LogP contribution >= 0.6 is 0 Å². The standard InChI is InChI=1S/C15H22N2O/c1-2-3-12-6-8-14(9-7-12)16-11-15(18)17-10-13-4-5-13/h6-9,13,16H,2-5,10-11H2,1H3,(H,17,18). The van der Waals surface area contributed by atoms with E-state index in [-0.39, 0.29) is 5.91 Å². The van der Waals surface area contributed by atoms with E-state index >= 15 is 0 Å². The smallest absolute Gasteiger partial charge is 0.239 e. The van der Waals surface area contributed by atoms with Crippen LogP contribution in [-0.2, 0) is 11.2 Å². The van der Waals surface area contributed by atoms with Gasteiger partial charge in [-0.3, -0.25) is 4.79 Å². The highest BCUT2D eigenvalue weighted by Crippen LogP contribution is 2.27. The quantitative estimate of drug-likeness (QED) is 0.776. The molecule has 3 heteroatoms. The number of aryl methyl sites for hydroxylation is 1. The second kappa shape index (κ2) is 6.43. The van der Waals surface area contributed by atoms with Gasteiger partial charge in [-0.15, -0.1) is 0 Å². The highest BCUT2D eigenvalue weighted by molar-refractivity contribution is 5.80. The molecule has 2 N–H and O–H groups in total. The first-order chi connectivity index (χ1) is 8.78. The molecule has 0 saturated heterocycles. The highest BCUT2D eigenvalue weighted by Gasteiger charge is 2.21. The van der Waals surface area contributed by atoms with E-state index in [4.69, 9.17) is 0 Å². The van der Waals surface area contributed by atoms with Crippen molar-refractivity contribution in [3.8, 4) is 0 Å². The van der Waals surface area contributed by atoms with Gasteiger partial charge in [0, 0.05) is 12.2 Å². The minimum atomic E-state index is 0.0829. The third kappa shape index (κ3) is 4.40. The fourth-order valence-corrected chi connectivity index (χ4v) is 1.90. The summed E-state index contributed by atoms with van der Waals surface area (Å²) in [6.45, 7) is 3.38. The zero-order valence-corrected chi connectivity index (χ0v) is 11.0. The summed E-state index contributed by atoms with van der Waals surface area (Å²) in [6, 6.07) is 8.32. The minimum absolute atomic E-state index is 0.0829. The normalized spacial score (nSPS) is 14.3. The number of amides is 1.